The smallest absolute Gasteiger partial charge is 0.210 e. The highest BCUT2D eigenvalue weighted by Crippen LogP contribution is 2.18. The van der Waals surface area contributed by atoms with E-state index in [1.54, 1.807) is 6.20 Å². The van der Waals surface area contributed by atoms with Gasteiger partial charge in [0.25, 0.3) is 0 Å². The van der Waals surface area contributed by atoms with Crippen LogP contribution in [0.3, 0.4) is 0 Å². The molecule has 3 heterocycles. The summed E-state index contributed by atoms with van der Waals surface area (Å²) in [4.78, 5) is 10.8. The minimum atomic E-state index is -1.06. The number of guanidine groups is 1. The van der Waals surface area contributed by atoms with E-state index in [9.17, 15) is 0 Å². The summed E-state index contributed by atoms with van der Waals surface area (Å²) in [6, 6.07) is 3.80. The van der Waals surface area contributed by atoms with Gasteiger partial charge in [-0.1, -0.05) is 12.1 Å². The van der Waals surface area contributed by atoms with Crippen LogP contribution in [0.5, 0.6) is 0 Å². The average molecular weight is 303 g/mol. The van der Waals surface area contributed by atoms with Crippen LogP contribution < -0.4 is 22.3 Å². The Labute approximate surface area is 129 Å². The number of nitrogens with zero attached hydrogens (tertiary/aromatic N) is 3. The number of hydrogen-bond donors (Lipinski definition) is 4. The van der Waals surface area contributed by atoms with Gasteiger partial charge in [-0.25, -0.2) is 4.99 Å². The predicted molar refractivity (Wildman–Crippen MR) is 84.3 cm³/mol. The zero-order chi connectivity index (χ0) is 15.4. The fraction of sp³-hybridized carbons (Fsp3) is 0.429. The summed E-state index contributed by atoms with van der Waals surface area (Å²) in [5.41, 5.74) is 18.8. The van der Waals surface area contributed by atoms with E-state index in [0.29, 0.717) is 0 Å². The van der Waals surface area contributed by atoms with Gasteiger partial charge in [-0.3, -0.25) is 21.0 Å². The number of rotatable bonds is 4. The van der Waals surface area contributed by atoms with Crippen molar-refractivity contribution in [1.82, 2.24) is 20.7 Å². The van der Waals surface area contributed by atoms with E-state index in [-0.39, 0.29) is 5.96 Å². The monoisotopic (exact) mass is 303 g/mol. The average Bonchev–Trinajstić information content (AvgIpc) is 2.89. The van der Waals surface area contributed by atoms with Crippen molar-refractivity contribution >= 4 is 12.0 Å². The lowest BCUT2D eigenvalue weighted by atomic mass is 10.1. The quantitative estimate of drug-likeness (QED) is 0.559. The summed E-state index contributed by atoms with van der Waals surface area (Å²) < 4.78 is 5.32. The molecule has 118 valence electrons. The second kappa shape index (κ2) is 6.41. The summed E-state index contributed by atoms with van der Waals surface area (Å²) in [6.07, 6.45) is 5.81. The number of nitrogens with one attached hydrogen (secondary N) is 2. The zero-order valence-corrected chi connectivity index (χ0v) is 12.3. The molecule has 0 spiro atoms. The van der Waals surface area contributed by atoms with Crippen LogP contribution in [0.1, 0.15) is 11.3 Å². The fourth-order valence-electron chi connectivity index (χ4n) is 2.38. The first-order chi connectivity index (χ1) is 10.7. The lowest BCUT2D eigenvalue weighted by Crippen LogP contribution is -2.50. The number of morpholine rings is 1. The Morgan fingerprint density at radius 1 is 1.36 bits per heavy atom. The van der Waals surface area contributed by atoms with Gasteiger partial charge in [-0.05, 0) is 12.1 Å². The molecular weight excluding hydrogens is 282 g/mol. The maximum atomic E-state index is 6.10. The first kappa shape index (κ1) is 14.9. The third-order valence-electron chi connectivity index (χ3n) is 3.66. The van der Waals surface area contributed by atoms with Crippen LogP contribution in [0.2, 0.25) is 0 Å². The summed E-state index contributed by atoms with van der Waals surface area (Å²) in [7, 11) is 0. The molecule has 0 radical (unpaired) electrons. The Morgan fingerprint density at radius 2 is 2.18 bits per heavy atom. The highest BCUT2D eigenvalue weighted by molar-refractivity contribution is 5.79. The highest BCUT2D eigenvalue weighted by Gasteiger charge is 2.31. The van der Waals surface area contributed by atoms with Crippen molar-refractivity contribution in [2.24, 2.45) is 16.5 Å². The van der Waals surface area contributed by atoms with E-state index in [4.69, 9.17) is 16.2 Å². The van der Waals surface area contributed by atoms with Gasteiger partial charge in [-0.15, -0.1) is 0 Å². The van der Waals surface area contributed by atoms with E-state index in [1.165, 1.54) is 0 Å². The molecule has 1 aromatic heterocycles. The fourth-order valence-corrected chi connectivity index (χ4v) is 2.38. The van der Waals surface area contributed by atoms with Crippen LogP contribution in [0.15, 0.2) is 29.4 Å². The topological polar surface area (TPSA) is 114 Å². The molecule has 2 aliphatic rings. The molecule has 8 heteroatoms. The minimum absolute atomic E-state index is 0.261. The molecule has 0 bridgehead atoms. The molecular formula is C14H21N7O. The normalized spacial score (nSPS) is 26.1. The molecule has 22 heavy (non-hydrogen) atoms. The number of aromatic nitrogens is 1. The summed E-state index contributed by atoms with van der Waals surface area (Å²) in [6.45, 7) is 4.48. The third-order valence-corrected chi connectivity index (χ3v) is 3.66. The van der Waals surface area contributed by atoms with Gasteiger partial charge in [0, 0.05) is 31.4 Å². The Morgan fingerprint density at radius 3 is 2.82 bits per heavy atom. The molecule has 1 atom stereocenters. The maximum absolute atomic E-state index is 6.10. The molecule has 1 fully saturated rings. The van der Waals surface area contributed by atoms with Crippen molar-refractivity contribution in [1.29, 1.82) is 0 Å². The Bertz CT molecular complexity index is 565. The van der Waals surface area contributed by atoms with Crippen LogP contribution in [-0.2, 0) is 10.5 Å². The van der Waals surface area contributed by atoms with Crippen LogP contribution in [0.25, 0.3) is 6.08 Å². The van der Waals surface area contributed by atoms with Crippen molar-refractivity contribution in [2.45, 2.75) is 5.79 Å². The highest BCUT2D eigenvalue weighted by atomic mass is 16.5. The Hall–Kier alpha value is -2.00. The molecule has 0 aromatic carbocycles. The van der Waals surface area contributed by atoms with Gasteiger partial charge < -0.3 is 10.5 Å². The Balaban J connectivity index is 1.59. The largest absolute Gasteiger partial charge is 0.379 e. The van der Waals surface area contributed by atoms with E-state index in [1.807, 2.05) is 18.2 Å². The first-order valence-corrected chi connectivity index (χ1v) is 7.26. The lowest BCUT2D eigenvalue weighted by Gasteiger charge is -2.25. The van der Waals surface area contributed by atoms with Crippen LogP contribution >= 0.6 is 0 Å². The van der Waals surface area contributed by atoms with Crippen molar-refractivity contribution < 1.29 is 4.74 Å². The maximum Gasteiger partial charge on any atom is 0.210 e. The summed E-state index contributed by atoms with van der Waals surface area (Å²) in [5.74, 6) is -0.801. The number of pyridine rings is 1. The number of aliphatic imine (C=N–C) groups is 1. The van der Waals surface area contributed by atoms with Gasteiger partial charge >= 0.3 is 0 Å². The SMILES string of the molecule is NC1=NC(N)(c2ccc(C=CCN3CCOCC3)nc2)NN1. The van der Waals surface area contributed by atoms with Gasteiger partial charge in [0.15, 0.2) is 0 Å². The molecule has 1 saturated heterocycles. The molecule has 6 N–H and O–H groups in total. The van der Waals surface area contributed by atoms with E-state index in [0.717, 1.165) is 44.1 Å². The van der Waals surface area contributed by atoms with Crippen molar-refractivity contribution in [2.75, 3.05) is 32.8 Å². The molecule has 0 amide bonds. The molecule has 1 aromatic rings. The van der Waals surface area contributed by atoms with E-state index < -0.39 is 5.79 Å². The van der Waals surface area contributed by atoms with E-state index in [2.05, 4.69) is 31.8 Å². The number of nitrogens with two attached hydrogens (primary N) is 2. The Kier molecular flexibility index (Phi) is 4.34. The lowest BCUT2D eigenvalue weighted by molar-refractivity contribution is 0.0435. The van der Waals surface area contributed by atoms with E-state index >= 15 is 0 Å². The first-order valence-electron chi connectivity index (χ1n) is 7.26. The molecule has 0 aliphatic carbocycles. The molecule has 0 saturated carbocycles. The third kappa shape index (κ3) is 3.42. The molecule has 3 rings (SSSR count). The predicted octanol–water partition coefficient (Wildman–Crippen LogP) is -1.08. The second-order valence-corrected chi connectivity index (χ2v) is 5.30. The number of hydrazine groups is 1. The summed E-state index contributed by atoms with van der Waals surface area (Å²) >= 11 is 0. The van der Waals surface area contributed by atoms with Gasteiger partial charge in [0.1, 0.15) is 0 Å². The van der Waals surface area contributed by atoms with Crippen LogP contribution in [-0.4, -0.2) is 48.7 Å². The van der Waals surface area contributed by atoms with Crippen molar-refractivity contribution in [3.63, 3.8) is 0 Å². The van der Waals surface area contributed by atoms with Gasteiger partial charge in [0.05, 0.1) is 18.9 Å². The number of hydrogen-bond acceptors (Lipinski definition) is 8. The van der Waals surface area contributed by atoms with Gasteiger partial charge in [0.2, 0.25) is 11.7 Å². The summed E-state index contributed by atoms with van der Waals surface area (Å²) in [5, 5.41) is 0. The minimum Gasteiger partial charge on any atom is -0.379 e. The molecule has 8 nitrogen and oxygen atoms in total. The zero-order valence-electron chi connectivity index (χ0n) is 12.3. The number of ether oxygens (including phenoxy) is 1. The van der Waals surface area contributed by atoms with Crippen LogP contribution in [0, 0.1) is 0 Å². The van der Waals surface area contributed by atoms with Crippen LogP contribution in [0.4, 0.5) is 0 Å². The second-order valence-electron chi connectivity index (χ2n) is 5.30. The van der Waals surface area contributed by atoms with Crippen molar-refractivity contribution in [3.05, 3.63) is 35.7 Å². The van der Waals surface area contributed by atoms with Crippen molar-refractivity contribution in [3.8, 4) is 0 Å². The molecule has 1 unspecified atom stereocenters. The standard InChI is InChI=1S/C14H21N7O/c15-13-18-14(16,20-19-13)11-3-4-12(17-10-11)2-1-5-21-6-8-22-9-7-21/h1-4,10,20H,5-9,16H2,(H3,15,18,19). The molecule has 2 aliphatic heterocycles. The van der Waals surface area contributed by atoms with Gasteiger partial charge in [-0.2, -0.15) is 5.43 Å².